The van der Waals surface area contributed by atoms with Gasteiger partial charge in [-0.15, -0.1) is 12.4 Å². The molecule has 1 saturated heterocycles. The first-order chi connectivity index (χ1) is 12.9. The highest BCUT2D eigenvalue weighted by Crippen LogP contribution is 2.16. The van der Waals surface area contributed by atoms with Gasteiger partial charge >= 0.3 is 0 Å². The Morgan fingerprint density at radius 1 is 1.32 bits per heavy atom. The molecule has 0 spiro atoms. The van der Waals surface area contributed by atoms with Gasteiger partial charge in [-0.2, -0.15) is 5.10 Å². The van der Waals surface area contributed by atoms with E-state index in [0.29, 0.717) is 6.07 Å². The van der Waals surface area contributed by atoms with Crippen molar-refractivity contribution in [3.8, 4) is 0 Å². The third-order valence-corrected chi connectivity index (χ3v) is 4.35. The maximum atomic E-state index is 13.2. The van der Waals surface area contributed by atoms with Crippen molar-refractivity contribution in [2.75, 3.05) is 32.0 Å². The van der Waals surface area contributed by atoms with Crippen LogP contribution in [-0.2, 0) is 4.79 Å². The van der Waals surface area contributed by atoms with Crippen molar-refractivity contribution < 1.29 is 18.4 Å². The minimum Gasteiger partial charge on any atom is -0.331 e. The number of hydrogen-bond acceptors (Lipinski definition) is 4. The lowest BCUT2D eigenvalue weighted by Gasteiger charge is -2.23. The van der Waals surface area contributed by atoms with Gasteiger partial charge < -0.3 is 15.5 Å². The van der Waals surface area contributed by atoms with Gasteiger partial charge in [0.25, 0.3) is 5.91 Å². The molecule has 2 aromatic rings. The van der Waals surface area contributed by atoms with Crippen LogP contribution in [0, 0.1) is 11.6 Å². The first-order valence-electron chi connectivity index (χ1n) is 8.69. The summed E-state index contributed by atoms with van der Waals surface area (Å²) in [6.07, 6.45) is 3.80. The fraction of sp³-hybridized carbons (Fsp3) is 0.389. The van der Waals surface area contributed by atoms with Gasteiger partial charge in [0.1, 0.15) is 17.3 Å². The Bertz CT molecular complexity index is 819. The summed E-state index contributed by atoms with van der Waals surface area (Å²) in [7, 11) is 1.47. The molecule has 3 rings (SSSR count). The van der Waals surface area contributed by atoms with Crippen molar-refractivity contribution in [3.63, 3.8) is 0 Å². The van der Waals surface area contributed by atoms with Crippen LogP contribution in [0.4, 0.5) is 14.5 Å². The standard InChI is InChI=1S/C18H21F2N5O2.ClH/c1-24(11-17(26)22-14-8-12(19)7-13(20)9-14)18(27)16-4-6-25(23-16)15-3-2-5-21-10-15;/h4,6-9,15,21H,2-3,5,10-11H2,1H3,(H,22,26);1H. The second-order valence-corrected chi connectivity index (χ2v) is 6.55. The normalized spacial score (nSPS) is 16.2. The average molecular weight is 414 g/mol. The van der Waals surface area contributed by atoms with Crippen LogP contribution in [0.1, 0.15) is 29.4 Å². The number of benzene rings is 1. The van der Waals surface area contributed by atoms with E-state index in [1.807, 2.05) is 0 Å². The van der Waals surface area contributed by atoms with Gasteiger partial charge in [0, 0.05) is 31.5 Å². The maximum absolute atomic E-state index is 13.2. The predicted octanol–water partition coefficient (Wildman–Crippen LogP) is 2.22. The van der Waals surface area contributed by atoms with Gasteiger partial charge in [0.15, 0.2) is 0 Å². The molecule has 0 radical (unpaired) electrons. The van der Waals surface area contributed by atoms with Crippen molar-refractivity contribution in [1.29, 1.82) is 0 Å². The van der Waals surface area contributed by atoms with E-state index >= 15 is 0 Å². The summed E-state index contributed by atoms with van der Waals surface area (Å²) in [5.74, 6) is -2.56. The largest absolute Gasteiger partial charge is 0.331 e. The smallest absolute Gasteiger partial charge is 0.274 e. The number of anilines is 1. The summed E-state index contributed by atoms with van der Waals surface area (Å²) >= 11 is 0. The molecule has 2 N–H and O–H groups in total. The van der Waals surface area contributed by atoms with E-state index in [9.17, 15) is 18.4 Å². The molecule has 1 aromatic carbocycles. The van der Waals surface area contributed by atoms with Crippen LogP contribution in [0.5, 0.6) is 0 Å². The minimum atomic E-state index is -0.794. The Hall–Kier alpha value is -2.52. The summed E-state index contributed by atoms with van der Waals surface area (Å²) in [4.78, 5) is 25.7. The number of carbonyl (C=O) groups is 2. The third-order valence-electron chi connectivity index (χ3n) is 4.35. The Kier molecular flexibility index (Phi) is 7.47. The second-order valence-electron chi connectivity index (χ2n) is 6.55. The van der Waals surface area contributed by atoms with Crippen molar-refractivity contribution in [2.45, 2.75) is 18.9 Å². The van der Waals surface area contributed by atoms with E-state index in [1.165, 1.54) is 11.9 Å². The molecule has 10 heteroatoms. The van der Waals surface area contributed by atoms with E-state index < -0.39 is 23.4 Å². The van der Waals surface area contributed by atoms with Crippen LogP contribution in [0.2, 0.25) is 0 Å². The number of halogens is 3. The number of carbonyl (C=O) groups excluding carboxylic acids is 2. The summed E-state index contributed by atoms with van der Waals surface area (Å²) in [5.41, 5.74) is 0.236. The molecular weight excluding hydrogens is 392 g/mol. The Labute approximate surface area is 167 Å². The van der Waals surface area contributed by atoms with Gasteiger partial charge in [-0.05, 0) is 37.6 Å². The van der Waals surface area contributed by atoms with Gasteiger partial charge in [-0.25, -0.2) is 8.78 Å². The van der Waals surface area contributed by atoms with Gasteiger partial charge in [-0.1, -0.05) is 0 Å². The van der Waals surface area contributed by atoms with E-state index in [-0.39, 0.29) is 36.4 Å². The number of aromatic nitrogens is 2. The number of hydrogen-bond donors (Lipinski definition) is 2. The van der Waals surface area contributed by atoms with Crippen LogP contribution >= 0.6 is 12.4 Å². The van der Waals surface area contributed by atoms with Gasteiger partial charge in [0.05, 0.1) is 12.6 Å². The van der Waals surface area contributed by atoms with Crippen LogP contribution < -0.4 is 10.6 Å². The van der Waals surface area contributed by atoms with Crippen LogP contribution in [0.3, 0.4) is 0 Å². The lowest BCUT2D eigenvalue weighted by atomic mass is 10.1. The zero-order valence-corrected chi connectivity index (χ0v) is 16.1. The lowest BCUT2D eigenvalue weighted by Crippen LogP contribution is -2.35. The Morgan fingerprint density at radius 2 is 2.04 bits per heavy atom. The average Bonchev–Trinajstić information content (AvgIpc) is 3.10. The molecular formula is C18H22ClF2N5O2. The van der Waals surface area contributed by atoms with Crippen LogP contribution in [-0.4, -0.2) is 53.2 Å². The van der Waals surface area contributed by atoms with E-state index in [1.54, 1.807) is 16.9 Å². The van der Waals surface area contributed by atoms with Crippen molar-refractivity contribution in [1.82, 2.24) is 20.0 Å². The molecule has 2 amide bonds. The van der Waals surface area contributed by atoms with Crippen molar-refractivity contribution in [3.05, 3.63) is 47.8 Å². The predicted molar refractivity (Wildman–Crippen MR) is 103 cm³/mol. The van der Waals surface area contributed by atoms with Gasteiger partial charge in [-0.3, -0.25) is 14.3 Å². The molecule has 0 saturated carbocycles. The molecule has 2 heterocycles. The zero-order chi connectivity index (χ0) is 19.4. The third kappa shape index (κ3) is 5.49. The summed E-state index contributed by atoms with van der Waals surface area (Å²) in [5, 5.41) is 9.98. The molecule has 1 unspecified atom stereocenters. The molecule has 1 atom stereocenters. The molecule has 0 bridgehead atoms. The van der Waals surface area contributed by atoms with Crippen molar-refractivity contribution >= 4 is 29.9 Å². The zero-order valence-electron chi connectivity index (χ0n) is 15.3. The van der Waals surface area contributed by atoms with Crippen LogP contribution in [0.25, 0.3) is 0 Å². The number of amides is 2. The topological polar surface area (TPSA) is 79.3 Å². The highest BCUT2D eigenvalue weighted by Gasteiger charge is 2.21. The molecule has 1 aliphatic heterocycles. The molecule has 28 heavy (non-hydrogen) atoms. The highest BCUT2D eigenvalue weighted by atomic mass is 35.5. The number of nitrogens with one attached hydrogen (secondary N) is 2. The summed E-state index contributed by atoms with van der Waals surface area (Å²) < 4.78 is 28.1. The monoisotopic (exact) mass is 413 g/mol. The first-order valence-corrected chi connectivity index (χ1v) is 8.69. The van der Waals surface area contributed by atoms with E-state index in [4.69, 9.17) is 0 Å². The van der Waals surface area contributed by atoms with E-state index in [2.05, 4.69) is 15.7 Å². The lowest BCUT2D eigenvalue weighted by molar-refractivity contribution is -0.116. The molecule has 7 nitrogen and oxygen atoms in total. The number of piperidine rings is 1. The molecule has 1 aliphatic rings. The molecule has 1 fully saturated rings. The number of nitrogens with zero attached hydrogens (tertiary/aromatic N) is 3. The van der Waals surface area contributed by atoms with E-state index in [0.717, 1.165) is 38.1 Å². The first kappa shape index (κ1) is 21.8. The molecule has 152 valence electrons. The van der Waals surface area contributed by atoms with Crippen LogP contribution in [0.15, 0.2) is 30.5 Å². The van der Waals surface area contributed by atoms with Crippen molar-refractivity contribution in [2.24, 2.45) is 0 Å². The SMILES string of the molecule is CN(CC(=O)Nc1cc(F)cc(F)c1)C(=O)c1ccn(C2CCCNC2)n1.Cl. The Balaban J connectivity index is 0.00000280. The fourth-order valence-corrected chi connectivity index (χ4v) is 3.02. The molecule has 0 aliphatic carbocycles. The number of likely N-dealkylation sites (N-methyl/N-ethyl adjacent to an activating group) is 1. The van der Waals surface area contributed by atoms with Gasteiger partial charge in [0.2, 0.25) is 5.91 Å². The summed E-state index contributed by atoms with van der Waals surface area (Å²) in [6, 6.07) is 4.54. The minimum absolute atomic E-state index is 0. The number of rotatable bonds is 5. The molecule has 1 aromatic heterocycles. The highest BCUT2D eigenvalue weighted by molar-refractivity contribution is 5.98. The second kappa shape index (κ2) is 9.61. The summed E-state index contributed by atoms with van der Waals surface area (Å²) in [6.45, 7) is 1.52. The fourth-order valence-electron chi connectivity index (χ4n) is 3.02. The Morgan fingerprint density at radius 3 is 2.68 bits per heavy atom. The quantitative estimate of drug-likeness (QED) is 0.787. The maximum Gasteiger partial charge on any atom is 0.274 e.